The van der Waals surface area contributed by atoms with Crippen LogP contribution in [0.3, 0.4) is 0 Å². The normalized spacial score (nSPS) is 27.3. The summed E-state index contributed by atoms with van der Waals surface area (Å²) in [5.41, 5.74) is -2.04. The summed E-state index contributed by atoms with van der Waals surface area (Å²) in [6.45, 7) is 11.0. The Morgan fingerprint density at radius 1 is 1.07 bits per heavy atom. The zero-order valence-electron chi connectivity index (χ0n) is 26.0. The van der Waals surface area contributed by atoms with Crippen molar-refractivity contribution < 1.29 is 37.1 Å². The minimum absolute atomic E-state index is 0.00948. The zero-order valence-corrected chi connectivity index (χ0v) is 26.9. The molecule has 3 atom stereocenters. The average molecular weight is 615 g/mol. The number of hydrogen-bond donors (Lipinski definition) is 1. The smallest absolute Gasteiger partial charge is 0.410 e. The van der Waals surface area contributed by atoms with Gasteiger partial charge in [0.05, 0.1) is 31.8 Å². The van der Waals surface area contributed by atoms with Gasteiger partial charge in [0.15, 0.2) is 5.54 Å². The Bertz CT molecular complexity index is 1040. The standard InChI is InChI=1S/C31H48F2N2O6S/c1-8-39-26(36)20-30(34-42(38)29(5,6)7)25(35(19-18-31(30,32)33)27(37)41-28(2,3)4)21-40-24-16-14-23(15-17-24)22-12-10-9-11-13-22/h9-13,23-25,34H,8,14-21H2,1-7H3. The highest BCUT2D eigenvalue weighted by molar-refractivity contribution is 7.90. The van der Waals surface area contributed by atoms with Crippen molar-refractivity contribution in [3.05, 3.63) is 35.9 Å². The van der Waals surface area contributed by atoms with Gasteiger partial charge in [-0.05, 0) is 85.6 Å². The van der Waals surface area contributed by atoms with Gasteiger partial charge >= 0.3 is 12.1 Å². The second-order valence-corrected chi connectivity index (χ2v) is 15.3. The number of carbonyl (C=O) groups is 2. The molecule has 3 unspecified atom stereocenters. The van der Waals surface area contributed by atoms with Gasteiger partial charge in [-0.3, -0.25) is 4.79 Å². The molecule has 11 heteroatoms. The number of alkyl halides is 2. The van der Waals surface area contributed by atoms with E-state index in [1.165, 1.54) is 10.5 Å². The Balaban J connectivity index is 1.95. The van der Waals surface area contributed by atoms with E-state index in [-0.39, 0.29) is 25.9 Å². The van der Waals surface area contributed by atoms with Crippen molar-refractivity contribution in [2.24, 2.45) is 0 Å². The van der Waals surface area contributed by atoms with Crippen LogP contribution >= 0.6 is 0 Å². The number of carbonyl (C=O) groups excluding carboxylic acids is 2. The zero-order chi connectivity index (χ0) is 31.3. The number of nitrogens with zero attached hydrogens (tertiary/aromatic N) is 1. The molecule has 3 rings (SSSR count). The summed E-state index contributed by atoms with van der Waals surface area (Å²) in [7, 11) is 0. The van der Waals surface area contributed by atoms with Crippen molar-refractivity contribution in [3.63, 3.8) is 0 Å². The maximum atomic E-state index is 16.3. The highest BCUT2D eigenvalue weighted by atomic mass is 32.2. The lowest BCUT2D eigenvalue weighted by molar-refractivity contribution is -0.180. The van der Waals surface area contributed by atoms with Crippen LogP contribution in [0, 0.1) is 0 Å². The molecule has 238 valence electrons. The first-order valence-corrected chi connectivity index (χ1v) is 16.0. The average Bonchev–Trinajstić information content (AvgIpc) is 2.88. The highest BCUT2D eigenvalue weighted by Gasteiger charge is 2.67. The molecule has 1 N–H and O–H groups in total. The van der Waals surface area contributed by atoms with Gasteiger partial charge in [-0.25, -0.2) is 13.6 Å². The SMILES string of the molecule is CCOC(=O)CC1(N[S+]([O-])C(C)(C)C)C(COC2CCC(c3ccccc3)CC2)N(C(=O)OC(C)(C)C)CCC1(F)F. The summed E-state index contributed by atoms with van der Waals surface area (Å²) in [6.07, 6.45) is 0.646. The van der Waals surface area contributed by atoms with Gasteiger partial charge in [-0.15, -0.1) is 4.72 Å². The summed E-state index contributed by atoms with van der Waals surface area (Å²) in [6, 6.07) is 8.88. The number of halogens is 2. The molecule has 2 aliphatic rings. The fourth-order valence-corrected chi connectivity index (χ4v) is 6.61. The Kier molecular flexibility index (Phi) is 11.3. The molecule has 1 aliphatic carbocycles. The Morgan fingerprint density at radius 3 is 2.24 bits per heavy atom. The quantitative estimate of drug-likeness (QED) is 0.264. The van der Waals surface area contributed by atoms with Crippen molar-refractivity contribution in [2.45, 2.75) is 127 Å². The van der Waals surface area contributed by atoms with E-state index in [1.54, 1.807) is 48.5 Å². The van der Waals surface area contributed by atoms with E-state index >= 15 is 8.78 Å². The number of rotatable bonds is 9. The highest BCUT2D eigenvalue weighted by Crippen LogP contribution is 2.46. The topological polar surface area (TPSA) is 100 Å². The first-order valence-electron chi connectivity index (χ1n) is 14.9. The van der Waals surface area contributed by atoms with Crippen LogP contribution in [0.15, 0.2) is 30.3 Å². The van der Waals surface area contributed by atoms with Gasteiger partial charge in [0.25, 0.3) is 5.92 Å². The molecular weight excluding hydrogens is 566 g/mol. The molecule has 1 heterocycles. The van der Waals surface area contributed by atoms with E-state index in [9.17, 15) is 14.1 Å². The van der Waals surface area contributed by atoms with E-state index < -0.39 is 64.1 Å². The van der Waals surface area contributed by atoms with Crippen LogP contribution in [0.25, 0.3) is 0 Å². The van der Waals surface area contributed by atoms with Crippen LogP contribution in [-0.4, -0.2) is 75.2 Å². The number of amides is 1. The maximum Gasteiger partial charge on any atom is 0.410 e. The first kappa shape index (κ1) is 34.5. The third kappa shape index (κ3) is 8.57. The Hall–Kier alpha value is -1.95. The lowest BCUT2D eigenvalue weighted by atomic mass is 9.76. The second kappa shape index (κ2) is 13.8. The second-order valence-electron chi connectivity index (χ2n) is 13.3. The van der Waals surface area contributed by atoms with Crippen molar-refractivity contribution in [1.82, 2.24) is 9.62 Å². The van der Waals surface area contributed by atoms with Gasteiger partial charge in [-0.2, -0.15) is 0 Å². The number of likely N-dealkylation sites (tertiary alicyclic amines) is 1. The molecule has 2 fully saturated rings. The number of esters is 1. The number of benzene rings is 1. The predicted octanol–water partition coefficient (Wildman–Crippen LogP) is 6.12. The van der Waals surface area contributed by atoms with E-state index in [2.05, 4.69) is 16.9 Å². The molecule has 1 aromatic rings. The minimum Gasteiger partial charge on any atom is -0.598 e. The molecule has 1 saturated heterocycles. The largest absolute Gasteiger partial charge is 0.598 e. The maximum absolute atomic E-state index is 16.3. The molecular formula is C31H48F2N2O6S. The summed E-state index contributed by atoms with van der Waals surface area (Å²) in [5, 5.41) is 0. The van der Waals surface area contributed by atoms with Gasteiger partial charge in [0.2, 0.25) is 0 Å². The van der Waals surface area contributed by atoms with Gasteiger partial charge in [0, 0.05) is 24.3 Å². The molecule has 1 aromatic carbocycles. The number of piperidine rings is 1. The van der Waals surface area contributed by atoms with Gasteiger partial charge in [-0.1, -0.05) is 30.3 Å². The summed E-state index contributed by atoms with van der Waals surface area (Å²) < 4.78 is 64.7. The van der Waals surface area contributed by atoms with Gasteiger partial charge in [0.1, 0.15) is 10.3 Å². The van der Waals surface area contributed by atoms with Crippen molar-refractivity contribution in [3.8, 4) is 0 Å². The monoisotopic (exact) mass is 614 g/mol. The summed E-state index contributed by atoms with van der Waals surface area (Å²) in [4.78, 5) is 27.6. The molecule has 42 heavy (non-hydrogen) atoms. The van der Waals surface area contributed by atoms with Crippen LogP contribution < -0.4 is 4.72 Å². The Morgan fingerprint density at radius 2 is 1.69 bits per heavy atom. The summed E-state index contributed by atoms with van der Waals surface area (Å²) >= 11 is -2.02. The van der Waals surface area contributed by atoms with Crippen molar-refractivity contribution in [1.29, 1.82) is 0 Å². The van der Waals surface area contributed by atoms with E-state index in [4.69, 9.17) is 14.2 Å². The van der Waals surface area contributed by atoms with Crippen LogP contribution in [0.1, 0.15) is 98.5 Å². The fourth-order valence-electron chi connectivity index (χ4n) is 5.62. The van der Waals surface area contributed by atoms with Crippen LogP contribution in [0.2, 0.25) is 0 Å². The third-order valence-electron chi connectivity index (χ3n) is 7.89. The van der Waals surface area contributed by atoms with Crippen LogP contribution in [0.5, 0.6) is 0 Å². The molecule has 1 aliphatic heterocycles. The van der Waals surface area contributed by atoms with Crippen LogP contribution in [-0.2, 0) is 30.4 Å². The predicted molar refractivity (Wildman–Crippen MR) is 159 cm³/mol. The van der Waals surface area contributed by atoms with E-state index in [1.807, 2.05) is 18.2 Å². The van der Waals surface area contributed by atoms with Crippen molar-refractivity contribution >= 4 is 23.4 Å². The summed E-state index contributed by atoms with van der Waals surface area (Å²) in [5.74, 6) is -4.02. The van der Waals surface area contributed by atoms with E-state index in [0.717, 1.165) is 25.7 Å². The molecule has 0 aromatic heterocycles. The first-order chi connectivity index (χ1) is 19.5. The molecule has 8 nitrogen and oxygen atoms in total. The lowest BCUT2D eigenvalue weighted by Gasteiger charge is -2.53. The number of nitrogens with one attached hydrogen (secondary N) is 1. The molecule has 0 spiro atoms. The number of ether oxygens (including phenoxy) is 3. The minimum atomic E-state index is -3.53. The molecule has 1 amide bonds. The molecule has 0 radical (unpaired) electrons. The molecule has 1 saturated carbocycles. The van der Waals surface area contributed by atoms with Gasteiger partial charge < -0.3 is 23.7 Å². The fraction of sp³-hybridized carbons (Fsp3) is 0.742. The lowest BCUT2D eigenvalue weighted by Crippen LogP contribution is -2.77. The van der Waals surface area contributed by atoms with Crippen LogP contribution in [0.4, 0.5) is 13.6 Å². The van der Waals surface area contributed by atoms with Crippen molar-refractivity contribution in [2.75, 3.05) is 19.8 Å². The van der Waals surface area contributed by atoms with E-state index in [0.29, 0.717) is 5.92 Å². The third-order valence-corrected chi connectivity index (χ3v) is 9.55. The molecule has 0 bridgehead atoms. The Labute approximate surface area is 252 Å². The number of hydrogen-bond acceptors (Lipinski definition) is 7.